The summed E-state index contributed by atoms with van der Waals surface area (Å²) < 4.78 is 11.5. The van der Waals surface area contributed by atoms with Crippen molar-refractivity contribution < 1.29 is 9.47 Å². The van der Waals surface area contributed by atoms with Gasteiger partial charge < -0.3 is 19.3 Å². The molecule has 1 saturated carbocycles. The molecule has 3 fully saturated rings. The van der Waals surface area contributed by atoms with E-state index in [4.69, 9.17) is 19.5 Å². The van der Waals surface area contributed by atoms with Gasteiger partial charge in [0.05, 0.1) is 31.5 Å². The van der Waals surface area contributed by atoms with Crippen LogP contribution in [0, 0.1) is 0 Å². The molecule has 0 unspecified atom stereocenters. The van der Waals surface area contributed by atoms with Gasteiger partial charge in [-0.25, -0.2) is 9.98 Å². The van der Waals surface area contributed by atoms with Gasteiger partial charge in [0.15, 0.2) is 0 Å². The number of guanidine groups is 1. The first-order valence-electron chi connectivity index (χ1n) is 8.85. The molecule has 0 bridgehead atoms. The number of hydrogen-bond donors (Lipinski definition) is 0. The Morgan fingerprint density at radius 1 is 1.22 bits per heavy atom. The molecule has 2 heterocycles. The Bertz CT molecular complexity index is 485. The molecule has 3 rings (SSSR count). The summed E-state index contributed by atoms with van der Waals surface area (Å²) in [5, 5.41) is 0. The van der Waals surface area contributed by atoms with Crippen LogP contribution in [0.4, 0.5) is 0 Å². The Balaban J connectivity index is 1.77. The zero-order chi connectivity index (χ0) is 16.4. The van der Waals surface area contributed by atoms with E-state index >= 15 is 0 Å². The zero-order valence-electron chi connectivity index (χ0n) is 14.9. The lowest BCUT2D eigenvalue weighted by atomic mass is 10.2. The first kappa shape index (κ1) is 16.7. The first-order chi connectivity index (χ1) is 11.0. The lowest BCUT2D eigenvalue weighted by Crippen LogP contribution is -2.49. The molecular formula is C17H30N4O2. The van der Waals surface area contributed by atoms with Crippen molar-refractivity contribution in [2.75, 3.05) is 39.5 Å². The normalized spacial score (nSPS) is 28.7. The van der Waals surface area contributed by atoms with Gasteiger partial charge in [-0.3, -0.25) is 0 Å². The summed E-state index contributed by atoms with van der Waals surface area (Å²) in [7, 11) is 0. The highest BCUT2D eigenvalue weighted by atomic mass is 16.5. The molecule has 0 aromatic rings. The minimum Gasteiger partial charge on any atom is -0.377 e. The lowest BCUT2D eigenvalue weighted by Gasteiger charge is -2.37. The van der Waals surface area contributed by atoms with E-state index in [9.17, 15) is 0 Å². The van der Waals surface area contributed by atoms with Crippen molar-refractivity contribution in [1.29, 1.82) is 0 Å². The topological polar surface area (TPSA) is 49.7 Å². The van der Waals surface area contributed by atoms with Crippen molar-refractivity contribution in [1.82, 2.24) is 9.80 Å². The zero-order valence-corrected chi connectivity index (χ0v) is 14.9. The van der Waals surface area contributed by atoms with Crippen molar-refractivity contribution in [2.45, 2.75) is 58.2 Å². The number of nitrogens with zero attached hydrogens (tertiary/aromatic N) is 4. The number of aliphatic imine (C=N–C) groups is 2. The molecule has 6 heteroatoms. The quantitative estimate of drug-likeness (QED) is 0.545. The summed E-state index contributed by atoms with van der Waals surface area (Å²) in [6, 6.07) is 0.605. The molecule has 6 nitrogen and oxygen atoms in total. The third-order valence-electron chi connectivity index (χ3n) is 4.76. The van der Waals surface area contributed by atoms with Crippen molar-refractivity contribution in [3.8, 4) is 0 Å². The van der Waals surface area contributed by atoms with Crippen LogP contribution in [0.5, 0.6) is 0 Å². The summed E-state index contributed by atoms with van der Waals surface area (Å²) in [6.45, 7) is 13.5. The Labute approximate surface area is 139 Å². The van der Waals surface area contributed by atoms with Gasteiger partial charge in [0.1, 0.15) is 5.84 Å². The molecular weight excluding hydrogens is 292 g/mol. The fourth-order valence-corrected chi connectivity index (χ4v) is 3.29. The summed E-state index contributed by atoms with van der Waals surface area (Å²) in [5.41, 5.74) is 0.0890. The van der Waals surface area contributed by atoms with E-state index in [1.54, 1.807) is 0 Å². The first-order valence-corrected chi connectivity index (χ1v) is 8.85. The minimum atomic E-state index is 0.0890. The van der Waals surface area contributed by atoms with Gasteiger partial charge in [-0.2, -0.15) is 0 Å². The number of amidine groups is 1. The van der Waals surface area contributed by atoms with Crippen LogP contribution in [-0.4, -0.2) is 78.7 Å². The van der Waals surface area contributed by atoms with E-state index in [1.165, 1.54) is 12.8 Å². The summed E-state index contributed by atoms with van der Waals surface area (Å²) in [6.07, 6.45) is 2.34. The molecule has 3 aliphatic rings. The maximum atomic E-state index is 5.93. The average Bonchev–Trinajstić information content (AvgIpc) is 3.25. The molecule has 0 amide bonds. The van der Waals surface area contributed by atoms with Crippen LogP contribution in [-0.2, 0) is 9.47 Å². The smallest absolute Gasteiger partial charge is 0.222 e. The van der Waals surface area contributed by atoms with Crippen LogP contribution >= 0.6 is 0 Å². The predicted molar refractivity (Wildman–Crippen MR) is 92.2 cm³/mol. The molecule has 0 aromatic heterocycles. The molecule has 2 saturated heterocycles. The monoisotopic (exact) mass is 322 g/mol. The maximum absolute atomic E-state index is 5.93. The number of rotatable bonds is 1. The van der Waals surface area contributed by atoms with E-state index in [2.05, 4.69) is 37.5 Å². The molecule has 130 valence electrons. The Hall–Kier alpha value is -1.14. The van der Waals surface area contributed by atoms with E-state index in [-0.39, 0.29) is 11.6 Å². The molecule has 23 heavy (non-hydrogen) atoms. The second kappa shape index (κ2) is 6.77. The van der Waals surface area contributed by atoms with Crippen LogP contribution in [0.15, 0.2) is 9.98 Å². The second-order valence-electron chi connectivity index (χ2n) is 7.25. The standard InChI is InChI=1S/C17H30N4O2/c1-13(2)18-16(20-7-10-23-17(12-20)5-6-17)19-15(4)21-8-9-22-11-14(21)3/h13-14H,5-12H2,1-4H3/t14-/m0/s1. The van der Waals surface area contributed by atoms with Crippen molar-refractivity contribution >= 4 is 11.8 Å². The van der Waals surface area contributed by atoms with Crippen LogP contribution in [0.2, 0.25) is 0 Å². The fourth-order valence-electron chi connectivity index (χ4n) is 3.29. The second-order valence-corrected chi connectivity index (χ2v) is 7.25. The van der Waals surface area contributed by atoms with Crippen LogP contribution in [0.3, 0.4) is 0 Å². The highest BCUT2D eigenvalue weighted by Gasteiger charge is 2.48. The molecule has 1 atom stereocenters. The van der Waals surface area contributed by atoms with E-state index in [1.807, 2.05) is 0 Å². The van der Waals surface area contributed by atoms with Crippen LogP contribution in [0.25, 0.3) is 0 Å². The average molecular weight is 322 g/mol. The Morgan fingerprint density at radius 3 is 2.65 bits per heavy atom. The molecule has 0 N–H and O–H groups in total. The number of ether oxygens (including phenoxy) is 2. The highest BCUT2D eigenvalue weighted by molar-refractivity contribution is 5.95. The third-order valence-corrected chi connectivity index (χ3v) is 4.76. The highest BCUT2D eigenvalue weighted by Crippen LogP contribution is 2.42. The molecule has 0 radical (unpaired) electrons. The van der Waals surface area contributed by atoms with Gasteiger partial charge in [-0.1, -0.05) is 0 Å². The SMILES string of the molecule is CC(=NC(=NC(C)C)N1CCOC2(CC2)C1)N1CCOC[C@@H]1C. The summed E-state index contributed by atoms with van der Waals surface area (Å²) in [5.74, 6) is 1.90. The van der Waals surface area contributed by atoms with Gasteiger partial charge >= 0.3 is 0 Å². The van der Waals surface area contributed by atoms with E-state index in [0.29, 0.717) is 6.04 Å². The molecule has 0 aromatic carbocycles. The molecule has 2 aliphatic heterocycles. The molecule has 1 spiro atoms. The lowest BCUT2D eigenvalue weighted by molar-refractivity contribution is -0.0247. The number of hydrogen-bond acceptors (Lipinski definition) is 3. The molecule has 1 aliphatic carbocycles. The van der Waals surface area contributed by atoms with Gasteiger partial charge in [-0.05, 0) is 40.5 Å². The van der Waals surface area contributed by atoms with E-state index in [0.717, 1.165) is 51.3 Å². The number of morpholine rings is 2. The van der Waals surface area contributed by atoms with Gasteiger partial charge in [-0.15, -0.1) is 0 Å². The van der Waals surface area contributed by atoms with Gasteiger partial charge in [0.25, 0.3) is 0 Å². The van der Waals surface area contributed by atoms with Crippen molar-refractivity contribution in [2.24, 2.45) is 9.98 Å². The van der Waals surface area contributed by atoms with Gasteiger partial charge in [0.2, 0.25) is 5.96 Å². The fraction of sp³-hybridized carbons (Fsp3) is 0.882. The van der Waals surface area contributed by atoms with Crippen LogP contribution < -0.4 is 0 Å². The van der Waals surface area contributed by atoms with Gasteiger partial charge in [0, 0.05) is 25.7 Å². The third kappa shape index (κ3) is 4.04. The largest absolute Gasteiger partial charge is 0.377 e. The predicted octanol–water partition coefficient (Wildman–Crippen LogP) is 1.75. The van der Waals surface area contributed by atoms with Crippen molar-refractivity contribution in [3.05, 3.63) is 0 Å². The summed E-state index contributed by atoms with van der Waals surface area (Å²) >= 11 is 0. The Kier molecular flexibility index (Phi) is 4.92. The summed E-state index contributed by atoms with van der Waals surface area (Å²) in [4.78, 5) is 14.3. The van der Waals surface area contributed by atoms with E-state index < -0.39 is 0 Å². The van der Waals surface area contributed by atoms with Crippen LogP contribution in [0.1, 0.15) is 40.5 Å². The maximum Gasteiger partial charge on any atom is 0.222 e. The minimum absolute atomic E-state index is 0.0890. The Morgan fingerprint density at radius 2 is 2.00 bits per heavy atom. The van der Waals surface area contributed by atoms with Crippen molar-refractivity contribution in [3.63, 3.8) is 0 Å².